The van der Waals surface area contributed by atoms with Gasteiger partial charge in [-0.15, -0.1) is 0 Å². The van der Waals surface area contributed by atoms with Crippen LogP contribution in [-0.4, -0.2) is 18.2 Å². The summed E-state index contributed by atoms with van der Waals surface area (Å²) in [5.41, 5.74) is 0. The number of alkyl halides is 3. The molecule has 2 aliphatic carbocycles. The Hall–Kier alpha value is -1.07. The van der Waals surface area contributed by atoms with Gasteiger partial charge >= 0.3 is 12.1 Å². The molecule has 0 radical (unpaired) electrons. The van der Waals surface area contributed by atoms with Crippen LogP contribution < -0.4 is 0 Å². The molecular formula is C17H24F4O2. The number of hydrogen-bond acceptors (Lipinski definition) is 2. The maximum Gasteiger partial charge on any atom is 0.442 e. The lowest BCUT2D eigenvalue weighted by Gasteiger charge is -2.30. The zero-order valence-corrected chi connectivity index (χ0v) is 13.4. The molecule has 0 unspecified atom stereocenters. The van der Waals surface area contributed by atoms with E-state index in [2.05, 4.69) is 6.92 Å². The van der Waals surface area contributed by atoms with E-state index in [4.69, 9.17) is 4.74 Å². The number of rotatable bonds is 3. The molecule has 132 valence electrons. The van der Waals surface area contributed by atoms with Gasteiger partial charge in [-0.05, 0) is 69.3 Å². The van der Waals surface area contributed by atoms with Crippen molar-refractivity contribution in [3.05, 3.63) is 11.9 Å². The molecule has 0 aromatic carbocycles. The van der Waals surface area contributed by atoms with Gasteiger partial charge in [-0.2, -0.15) is 13.2 Å². The molecule has 23 heavy (non-hydrogen) atoms. The lowest BCUT2D eigenvalue weighted by molar-refractivity contribution is -0.157. The van der Waals surface area contributed by atoms with Gasteiger partial charge in [0.1, 0.15) is 6.10 Å². The predicted molar refractivity (Wildman–Crippen MR) is 78.2 cm³/mol. The van der Waals surface area contributed by atoms with Crippen LogP contribution in [0.25, 0.3) is 0 Å². The van der Waals surface area contributed by atoms with E-state index < -0.39 is 17.9 Å². The van der Waals surface area contributed by atoms with E-state index in [0.717, 1.165) is 25.7 Å². The molecule has 0 aromatic heterocycles. The van der Waals surface area contributed by atoms with Gasteiger partial charge in [0.25, 0.3) is 0 Å². The van der Waals surface area contributed by atoms with Crippen molar-refractivity contribution in [2.75, 3.05) is 0 Å². The van der Waals surface area contributed by atoms with E-state index >= 15 is 0 Å². The van der Waals surface area contributed by atoms with Crippen molar-refractivity contribution in [2.45, 2.75) is 70.6 Å². The molecule has 0 bridgehead atoms. The summed E-state index contributed by atoms with van der Waals surface area (Å²) < 4.78 is 55.0. The number of hydrogen-bond donors (Lipinski definition) is 0. The fraction of sp³-hybridized carbons (Fsp3) is 0.824. The van der Waals surface area contributed by atoms with Crippen LogP contribution in [0.4, 0.5) is 17.6 Å². The first-order valence-corrected chi connectivity index (χ1v) is 8.40. The van der Waals surface area contributed by atoms with E-state index in [9.17, 15) is 22.4 Å². The predicted octanol–water partition coefficient (Wildman–Crippen LogP) is 5.33. The summed E-state index contributed by atoms with van der Waals surface area (Å²) in [6.45, 7) is 2.18. The van der Waals surface area contributed by atoms with Crippen molar-refractivity contribution in [2.24, 2.45) is 17.8 Å². The highest BCUT2D eigenvalue weighted by Crippen LogP contribution is 2.34. The van der Waals surface area contributed by atoms with Crippen LogP contribution >= 0.6 is 0 Å². The molecule has 2 nitrogen and oxygen atoms in total. The van der Waals surface area contributed by atoms with Crippen LogP contribution in [0.1, 0.15) is 58.3 Å². The number of allylic oxidation sites excluding steroid dienone is 2. The Bertz CT molecular complexity index is 428. The average Bonchev–Trinajstić information content (AvgIpc) is 2.49. The summed E-state index contributed by atoms with van der Waals surface area (Å²) in [5.74, 6) is -2.00. The molecule has 0 N–H and O–H groups in total. The van der Waals surface area contributed by atoms with Crippen molar-refractivity contribution in [1.29, 1.82) is 0 Å². The normalized spacial score (nSPS) is 33.3. The Morgan fingerprint density at radius 3 is 2.09 bits per heavy atom. The molecule has 0 heterocycles. The average molecular weight is 336 g/mol. The van der Waals surface area contributed by atoms with Crippen LogP contribution in [0, 0.1) is 17.8 Å². The van der Waals surface area contributed by atoms with Crippen molar-refractivity contribution in [3.8, 4) is 0 Å². The number of carbonyl (C=O) groups is 1. The summed E-state index contributed by atoms with van der Waals surface area (Å²) in [7, 11) is 0. The van der Waals surface area contributed by atoms with Gasteiger partial charge in [-0.1, -0.05) is 6.92 Å². The topological polar surface area (TPSA) is 26.3 Å². The van der Waals surface area contributed by atoms with Crippen molar-refractivity contribution in [1.82, 2.24) is 0 Å². The third kappa shape index (κ3) is 5.50. The molecule has 0 amide bonds. The molecule has 2 saturated carbocycles. The Morgan fingerprint density at radius 2 is 1.57 bits per heavy atom. The van der Waals surface area contributed by atoms with Gasteiger partial charge in [0, 0.05) is 0 Å². The number of halogens is 4. The van der Waals surface area contributed by atoms with Crippen LogP contribution in [0.5, 0.6) is 0 Å². The lowest BCUT2D eigenvalue weighted by Crippen LogP contribution is -2.29. The largest absolute Gasteiger partial charge is 0.462 e. The van der Waals surface area contributed by atoms with Gasteiger partial charge in [0.05, 0.1) is 5.92 Å². The lowest BCUT2D eigenvalue weighted by atomic mass is 9.83. The monoisotopic (exact) mass is 336 g/mol. The first-order chi connectivity index (χ1) is 10.8. The van der Waals surface area contributed by atoms with E-state index in [1.54, 1.807) is 0 Å². The quantitative estimate of drug-likeness (QED) is 0.514. The molecule has 6 heteroatoms. The molecule has 2 aliphatic rings. The summed E-state index contributed by atoms with van der Waals surface area (Å²) >= 11 is 0. The standard InChI is InChI=1S/C17H24F4O2/c1-11-2-6-13(7-3-11)16(22)23-14-8-4-12(5-9-14)10-15(18)17(19,20)21/h10-14H,2-9H2,1H3. The van der Waals surface area contributed by atoms with E-state index in [1.165, 1.54) is 0 Å². The molecule has 2 rings (SSSR count). The fourth-order valence-electron chi connectivity index (χ4n) is 3.43. The number of esters is 1. The van der Waals surface area contributed by atoms with Crippen molar-refractivity contribution < 1.29 is 27.1 Å². The van der Waals surface area contributed by atoms with E-state index in [-0.39, 0.29) is 18.0 Å². The summed E-state index contributed by atoms with van der Waals surface area (Å²) in [5, 5.41) is 0. The highest BCUT2D eigenvalue weighted by Gasteiger charge is 2.36. The molecule has 0 spiro atoms. The minimum atomic E-state index is -4.90. The van der Waals surface area contributed by atoms with Gasteiger partial charge in [-0.3, -0.25) is 4.79 Å². The summed E-state index contributed by atoms with van der Waals surface area (Å²) in [6.07, 6.45) is 1.16. The third-order valence-corrected chi connectivity index (χ3v) is 5.00. The second-order valence-electron chi connectivity index (χ2n) is 6.94. The molecule has 0 saturated heterocycles. The molecular weight excluding hydrogens is 312 g/mol. The van der Waals surface area contributed by atoms with Crippen molar-refractivity contribution >= 4 is 5.97 Å². The first-order valence-electron chi connectivity index (χ1n) is 8.40. The van der Waals surface area contributed by atoms with Gasteiger partial charge in [0.15, 0.2) is 5.83 Å². The SMILES string of the molecule is CC1CCC(C(=O)OC2CCC(C=C(F)C(F)(F)F)CC2)CC1. The van der Waals surface area contributed by atoms with E-state index in [0.29, 0.717) is 37.7 Å². The number of ether oxygens (including phenoxy) is 1. The van der Waals surface area contributed by atoms with Gasteiger partial charge in [0.2, 0.25) is 0 Å². The highest BCUT2D eigenvalue weighted by atomic mass is 19.4. The van der Waals surface area contributed by atoms with Gasteiger partial charge < -0.3 is 4.74 Å². The highest BCUT2D eigenvalue weighted by molar-refractivity contribution is 5.72. The second-order valence-corrected chi connectivity index (χ2v) is 6.94. The van der Waals surface area contributed by atoms with E-state index in [1.807, 2.05) is 0 Å². The van der Waals surface area contributed by atoms with Crippen molar-refractivity contribution in [3.63, 3.8) is 0 Å². The molecule has 0 aliphatic heterocycles. The summed E-state index contributed by atoms with van der Waals surface area (Å²) in [6, 6.07) is 0. The Morgan fingerprint density at radius 1 is 1.00 bits per heavy atom. The maximum absolute atomic E-state index is 12.9. The minimum absolute atomic E-state index is 0.0357. The smallest absolute Gasteiger partial charge is 0.442 e. The molecule has 0 atom stereocenters. The Labute approximate surface area is 134 Å². The number of carbonyl (C=O) groups excluding carboxylic acids is 1. The van der Waals surface area contributed by atoms with Crippen LogP contribution in [0.15, 0.2) is 11.9 Å². The van der Waals surface area contributed by atoms with Gasteiger partial charge in [-0.25, -0.2) is 4.39 Å². The minimum Gasteiger partial charge on any atom is -0.462 e. The second kappa shape index (κ2) is 7.67. The Balaban J connectivity index is 1.75. The molecule has 2 fully saturated rings. The molecule has 0 aromatic rings. The zero-order valence-electron chi connectivity index (χ0n) is 13.4. The zero-order chi connectivity index (χ0) is 17.0. The fourth-order valence-corrected chi connectivity index (χ4v) is 3.43. The van der Waals surface area contributed by atoms with Crippen LogP contribution in [0.2, 0.25) is 0 Å². The maximum atomic E-state index is 12.9. The van der Waals surface area contributed by atoms with Crippen LogP contribution in [-0.2, 0) is 9.53 Å². The Kier molecular flexibility index (Phi) is 6.09. The first kappa shape index (κ1) is 18.3. The van der Waals surface area contributed by atoms with Crippen LogP contribution in [0.3, 0.4) is 0 Å². The summed E-state index contributed by atoms with van der Waals surface area (Å²) in [4.78, 5) is 12.1. The third-order valence-electron chi connectivity index (χ3n) is 5.00.